The van der Waals surface area contributed by atoms with E-state index in [1.165, 1.54) is 12.8 Å². The molecule has 13 heavy (non-hydrogen) atoms. The number of aryl methyl sites for hydroxylation is 1. The van der Waals surface area contributed by atoms with E-state index in [2.05, 4.69) is 16.9 Å². The van der Waals surface area contributed by atoms with E-state index in [4.69, 9.17) is 0 Å². The Balaban J connectivity index is 2.26. The van der Waals surface area contributed by atoms with E-state index in [1.807, 2.05) is 17.6 Å². The molecule has 68 valence electrons. The van der Waals surface area contributed by atoms with Crippen LogP contribution in [0.4, 0.5) is 0 Å². The highest BCUT2D eigenvalue weighted by Crippen LogP contribution is 2.16. The maximum Gasteiger partial charge on any atom is 0.142 e. The first-order valence-corrected chi connectivity index (χ1v) is 5.47. The van der Waals surface area contributed by atoms with Gasteiger partial charge in [0.15, 0.2) is 0 Å². The highest BCUT2D eigenvalue weighted by atomic mass is 32.1. The topological polar surface area (TPSA) is 25.8 Å². The Bertz CT molecular complexity index is 394. The maximum atomic E-state index is 4.53. The van der Waals surface area contributed by atoms with Crippen LogP contribution in [-0.2, 0) is 6.42 Å². The third-order valence-electron chi connectivity index (χ3n) is 2.01. The molecule has 0 radical (unpaired) electrons. The number of fused-ring (bicyclic) bond motifs is 1. The van der Waals surface area contributed by atoms with Crippen molar-refractivity contribution in [2.24, 2.45) is 0 Å². The highest BCUT2D eigenvalue weighted by Gasteiger charge is 1.99. The lowest BCUT2D eigenvalue weighted by molar-refractivity contribution is 0.777. The second-order valence-corrected chi connectivity index (χ2v) is 3.97. The zero-order valence-corrected chi connectivity index (χ0v) is 8.47. The van der Waals surface area contributed by atoms with Gasteiger partial charge in [0, 0.05) is 6.20 Å². The molecule has 0 amide bonds. The number of nitrogens with zero attached hydrogens (tertiary/aromatic N) is 2. The molecule has 0 bridgehead atoms. The van der Waals surface area contributed by atoms with Crippen LogP contribution in [-0.4, -0.2) is 9.97 Å². The minimum Gasteiger partial charge on any atom is -0.252 e. The summed E-state index contributed by atoms with van der Waals surface area (Å²) >= 11 is 1.66. The zero-order valence-electron chi connectivity index (χ0n) is 7.66. The summed E-state index contributed by atoms with van der Waals surface area (Å²) in [4.78, 5) is 9.93. The molecule has 0 fully saturated rings. The number of rotatable bonds is 3. The van der Waals surface area contributed by atoms with Crippen molar-refractivity contribution in [3.8, 4) is 0 Å². The van der Waals surface area contributed by atoms with Crippen LogP contribution in [0.25, 0.3) is 10.3 Å². The van der Waals surface area contributed by atoms with E-state index in [9.17, 15) is 0 Å². The summed E-state index contributed by atoms with van der Waals surface area (Å²) in [6, 6.07) is 2.01. The number of hydrogen-bond donors (Lipinski definition) is 0. The number of thiophene rings is 1. The van der Waals surface area contributed by atoms with Gasteiger partial charge in [-0.15, -0.1) is 11.3 Å². The molecule has 2 aromatic rings. The molecular weight excluding hydrogens is 180 g/mol. The van der Waals surface area contributed by atoms with E-state index in [0.717, 1.165) is 22.5 Å². The number of unbranched alkanes of at least 4 members (excludes halogenated alkanes) is 1. The minimum atomic E-state index is 1.02. The van der Waals surface area contributed by atoms with Gasteiger partial charge < -0.3 is 0 Å². The quantitative estimate of drug-likeness (QED) is 0.747. The summed E-state index contributed by atoms with van der Waals surface area (Å²) in [6.07, 6.45) is 5.36. The fourth-order valence-corrected chi connectivity index (χ4v) is 2.00. The Morgan fingerprint density at radius 3 is 3.23 bits per heavy atom. The lowest BCUT2D eigenvalue weighted by Crippen LogP contribution is -1.90. The number of aromatic nitrogens is 2. The molecule has 2 rings (SSSR count). The Hall–Kier alpha value is -0.960. The fraction of sp³-hybridized carbons (Fsp3) is 0.400. The second kappa shape index (κ2) is 3.83. The Kier molecular flexibility index (Phi) is 2.54. The van der Waals surface area contributed by atoms with Crippen molar-refractivity contribution < 1.29 is 0 Å². The molecular formula is C10H12N2S. The van der Waals surface area contributed by atoms with Gasteiger partial charge in [-0.2, -0.15) is 0 Å². The van der Waals surface area contributed by atoms with E-state index in [-0.39, 0.29) is 0 Å². The van der Waals surface area contributed by atoms with Gasteiger partial charge in [-0.1, -0.05) is 13.3 Å². The first-order chi connectivity index (χ1) is 6.40. The van der Waals surface area contributed by atoms with Crippen LogP contribution in [0.15, 0.2) is 17.6 Å². The lowest BCUT2D eigenvalue weighted by atomic mass is 10.2. The standard InChI is InChI=1S/C10H12N2S/c1-2-3-4-8-7-11-9-5-6-13-10(9)12-8/h5-7H,2-4H2,1H3. The van der Waals surface area contributed by atoms with Gasteiger partial charge in [0.1, 0.15) is 4.83 Å². The van der Waals surface area contributed by atoms with E-state index >= 15 is 0 Å². The molecule has 0 N–H and O–H groups in total. The predicted molar refractivity (Wildman–Crippen MR) is 56.0 cm³/mol. The van der Waals surface area contributed by atoms with Crippen molar-refractivity contribution in [2.75, 3.05) is 0 Å². The monoisotopic (exact) mass is 192 g/mol. The summed E-state index contributed by atoms with van der Waals surface area (Å²) in [7, 11) is 0. The smallest absolute Gasteiger partial charge is 0.142 e. The van der Waals surface area contributed by atoms with Crippen molar-refractivity contribution in [3.05, 3.63) is 23.3 Å². The maximum absolute atomic E-state index is 4.53. The molecule has 2 nitrogen and oxygen atoms in total. The van der Waals surface area contributed by atoms with Gasteiger partial charge in [-0.3, -0.25) is 4.98 Å². The minimum absolute atomic E-state index is 1.02. The third-order valence-corrected chi connectivity index (χ3v) is 2.80. The lowest BCUT2D eigenvalue weighted by Gasteiger charge is -1.97. The molecule has 3 heteroatoms. The first kappa shape index (κ1) is 8.63. The molecule has 0 aliphatic carbocycles. The summed E-state index contributed by atoms with van der Waals surface area (Å²) in [5, 5.41) is 2.04. The first-order valence-electron chi connectivity index (χ1n) is 4.59. The van der Waals surface area contributed by atoms with Gasteiger partial charge in [-0.05, 0) is 24.3 Å². The average molecular weight is 192 g/mol. The molecule has 0 saturated heterocycles. The molecule has 2 aromatic heterocycles. The van der Waals surface area contributed by atoms with Crippen molar-refractivity contribution in [3.63, 3.8) is 0 Å². The van der Waals surface area contributed by atoms with Crippen LogP contribution in [0.2, 0.25) is 0 Å². The Labute approximate surface area is 81.7 Å². The summed E-state index contributed by atoms with van der Waals surface area (Å²) in [5.74, 6) is 0. The SMILES string of the molecule is CCCCc1cnc2ccsc2n1. The molecule has 0 unspecified atom stereocenters. The molecule has 0 aliphatic rings. The Morgan fingerprint density at radius 2 is 2.38 bits per heavy atom. The third kappa shape index (κ3) is 1.86. The molecule has 0 saturated carbocycles. The highest BCUT2D eigenvalue weighted by molar-refractivity contribution is 7.16. The van der Waals surface area contributed by atoms with Crippen LogP contribution < -0.4 is 0 Å². The predicted octanol–water partition coefficient (Wildman–Crippen LogP) is 3.03. The number of hydrogen-bond acceptors (Lipinski definition) is 3. The molecule has 2 heterocycles. The van der Waals surface area contributed by atoms with Gasteiger partial charge >= 0.3 is 0 Å². The Morgan fingerprint density at radius 1 is 1.46 bits per heavy atom. The van der Waals surface area contributed by atoms with Crippen molar-refractivity contribution in [1.29, 1.82) is 0 Å². The average Bonchev–Trinajstić information content (AvgIpc) is 2.61. The van der Waals surface area contributed by atoms with E-state index in [0.29, 0.717) is 0 Å². The molecule has 0 spiro atoms. The molecule has 0 atom stereocenters. The van der Waals surface area contributed by atoms with Gasteiger partial charge in [0.2, 0.25) is 0 Å². The van der Waals surface area contributed by atoms with E-state index in [1.54, 1.807) is 11.3 Å². The van der Waals surface area contributed by atoms with Crippen LogP contribution in [0.1, 0.15) is 25.5 Å². The fourth-order valence-electron chi connectivity index (χ4n) is 1.26. The largest absolute Gasteiger partial charge is 0.252 e. The van der Waals surface area contributed by atoms with Crippen LogP contribution in [0.3, 0.4) is 0 Å². The summed E-state index contributed by atoms with van der Waals surface area (Å²) in [6.45, 7) is 2.19. The van der Waals surface area contributed by atoms with Crippen LogP contribution >= 0.6 is 11.3 Å². The van der Waals surface area contributed by atoms with E-state index < -0.39 is 0 Å². The van der Waals surface area contributed by atoms with Crippen molar-refractivity contribution in [1.82, 2.24) is 9.97 Å². The van der Waals surface area contributed by atoms with Gasteiger partial charge in [0.05, 0.1) is 11.2 Å². The second-order valence-electron chi connectivity index (χ2n) is 3.08. The summed E-state index contributed by atoms with van der Waals surface area (Å²) in [5.41, 5.74) is 2.14. The zero-order chi connectivity index (χ0) is 9.10. The summed E-state index contributed by atoms with van der Waals surface area (Å²) < 4.78 is 0. The normalized spacial score (nSPS) is 10.8. The molecule has 0 aliphatic heterocycles. The van der Waals surface area contributed by atoms with Crippen LogP contribution in [0.5, 0.6) is 0 Å². The van der Waals surface area contributed by atoms with Gasteiger partial charge in [0.25, 0.3) is 0 Å². The molecule has 0 aromatic carbocycles. The van der Waals surface area contributed by atoms with Gasteiger partial charge in [-0.25, -0.2) is 4.98 Å². The van der Waals surface area contributed by atoms with Crippen LogP contribution in [0, 0.1) is 0 Å². The van der Waals surface area contributed by atoms with Crippen molar-refractivity contribution in [2.45, 2.75) is 26.2 Å². The van der Waals surface area contributed by atoms with Crippen molar-refractivity contribution >= 4 is 21.7 Å².